The van der Waals surface area contributed by atoms with Crippen LogP contribution in [0.25, 0.3) is 6.08 Å². The summed E-state index contributed by atoms with van der Waals surface area (Å²) in [5.74, 6) is 0.754. The molecule has 2 heterocycles. The highest BCUT2D eigenvalue weighted by Gasteiger charge is 2.23. The second-order valence-electron chi connectivity index (χ2n) is 5.90. The van der Waals surface area contributed by atoms with Crippen molar-refractivity contribution in [1.29, 1.82) is 5.53 Å². The summed E-state index contributed by atoms with van der Waals surface area (Å²) in [6, 6.07) is 0. The summed E-state index contributed by atoms with van der Waals surface area (Å²) in [5, 5.41) is 7.70. The van der Waals surface area contributed by atoms with Crippen molar-refractivity contribution in [1.82, 2.24) is 9.78 Å². The van der Waals surface area contributed by atoms with Gasteiger partial charge < -0.3 is 9.47 Å². The molecule has 3 rings (SSSR count). The highest BCUT2D eigenvalue weighted by Crippen LogP contribution is 2.28. The normalized spacial score (nSPS) is 22.4. The predicted octanol–water partition coefficient (Wildman–Crippen LogP) is 3.94. The van der Waals surface area contributed by atoms with Crippen molar-refractivity contribution in [3.63, 3.8) is 0 Å². The van der Waals surface area contributed by atoms with Crippen molar-refractivity contribution < 1.29 is 9.47 Å². The standard InChI is InChI=1S/C17H22N4O2/c1-21-12-13(11-19-21)7-8-15-16(9-10-22-17(15)20-18)23-14-5-3-2-4-6-14/h7-12,14,17-18H,2-6H2,1H3/b8-7+,20-18?. The monoisotopic (exact) mass is 314 g/mol. The van der Waals surface area contributed by atoms with E-state index in [4.69, 9.17) is 15.0 Å². The van der Waals surface area contributed by atoms with Crippen molar-refractivity contribution in [3.8, 4) is 0 Å². The van der Waals surface area contributed by atoms with E-state index in [0.717, 1.165) is 29.7 Å². The Hall–Kier alpha value is -2.37. The number of nitrogens with one attached hydrogen (secondary N) is 1. The number of aryl methyl sites for hydroxylation is 1. The molecule has 122 valence electrons. The molecule has 0 aromatic carbocycles. The van der Waals surface area contributed by atoms with Gasteiger partial charge in [-0.05, 0) is 31.8 Å². The van der Waals surface area contributed by atoms with Gasteiger partial charge in [-0.1, -0.05) is 12.5 Å². The first-order chi connectivity index (χ1) is 11.3. The third-order valence-corrected chi connectivity index (χ3v) is 4.12. The van der Waals surface area contributed by atoms with Crippen molar-refractivity contribution in [3.05, 3.63) is 47.7 Å². The zero-order valence-electron chi connectivity index (χ0n) is 13.3. The molecule has 1 unspecified atom stereocenters. The fourth-order valence-corrected chi connectivity index (χ4v) is 2.91. The maximum absolute atomic E-state index is 7.35. The van der Waals surface area contributed by atoms with Crippen LogP contribution < -0.4 is 0 Å². The van der Waals surface area contributed by atoms with Crippen LogP contribution in [0.3, 0.4) is 0 Å². The minimum absolute atomic E-state index is 0.245. The number of aromatic nitrogens is 2. The molecule has 0 radical (unpaired) electrons. The third-order valence-electron chi connectivity index (χ3n) is 4.12. The molecule has 1 aromatic rings. The van der Waals surface area contributed by atoms with Crippen LogP contribution in [0.1, 0.15) is 37.7 Å². The maximum atomic E-state index is 7.35. The molecule has 1 atom stereocenters. The van der Waals surface area contributed by atoms with E-state index in [2.05, 4.69) is 10.2 Å². The topological polar surface area (TPSA) is 72.5 Å². The Balaban J connectivity index is 1.82. The second kappa shape index (κ2) is 7.26. The molecule has 0 spiro atoms. The molecule has 23 heavy (non-hydrogen) atoms. The van der Waals surface area contributed by atoms with E-state index in [9.17, 15) is 0 Å². The van der Waals surface area contributed by atoms with E-state index >= 15 is 0 Å². The fraction of sp³-hybridized carbons (Fsp3) is 0.471. The summed E-state index contributed by atoms with van der Waals surface area (Å²) in [6.45, 7) is 0. The highest BCUT2D eigenvalue weighted by molar-refractivity contribution is 5.53. The molecule has 0 saturated heterocycles. The lowest BCUT2D eigenvalue weighted by Gasteiger charge is -2.27. The average Bonchev–Trinajstić information content (AvgIpc) is 3.00. The minimum Gasteiger partial charge on any atom is -0.490 e. The van der Waals surface area contributed by atoms with Gasteiger partial charge in [0.1, 0.15) is 5.76 Å². The number of nitrogens with zero attached hydrogens (tertiary/aromatic N) is 3. The number of allylic oxidation sites excluding steroid dienone is 1. The highest BCUT2D eigenvalue weighted by atomic mass is 16.5. The van der Waals surface area contributed by atoms with E-state index in [0.29, 0.717) is 0 Å². The van der Waals surface area contributed by atoms with E-state index in [1.807, 2.05) is 31.5 Å². The number of hydrogen-bond acceptors (Lipinski definition) is 5. The number of ether oxygens (including phenoxy) is 2. The van der Waals surface area contributed by atoms with Crippen LogP contribution >= 0.6 is 0 Å². The second-order valence-corrected chi connectivity index (χ2v) is 5.90. The van der Waals surface area contributed by atoms with Crippen LogP contribution in [0.15, 0.2) is 47.3 Å². The van der Waals surface area contributed by atoms with Crippen LogP contribution in [0, 0.1) is 5.53 Å². The minimum atomic E-state index is -0.647. The Bertz CT molecular complexity index is 639. The van der Waals surface area contributed by atoms with Gasteiger partial charge in [-0.2, -0.15) is 5.10 Å². The van der Waals surface area contributed by atoms with Gasteiger partial charge in [-0.15, -0.1) is 5.11 Å². The van der Waals surface area contributed by atoms with Gasteiger partial charge in [0.15, 0.2) is 0 Å². The van der Waals surface area contributed by atoms with Gasteiger partial charge in [-0.3, -0.25) is 4.68 Å². The Labute approximate surface area is 136 Å². The van der Waals surface area contributed by atoms with Crippen molar-refractivity contribution in [2.24, 2.45) is 12.2 Å². The summed E-state index contributed by atoms with van der Waals surface area (Å²) in [4.78, 5) is 0. The number of rotatable bonds is 5. The van der Waals surface area contributed by atoms with Crippen LogP contribution in [0.4, 0.5) is 0 Å². The Morgan fingerprint density at radius 2 is 2.17 bits per heavy atom. The zero-order valence-corrected chi connectivity index (χ0v) is 13.3. The van der Waals surface area contributed by atoms with Gasteiger partial charge in [-0.25, -0.2) is 5.53 Å². The molecule has 1 N–H and O–H groups in total. The van der Waals surface area contributed by atoms with Crippen LogP contribution in [-0.2, 0) is 16.5 Å². The van der Waals surface area contributed by atoms with E-state index in [-0.39, 0.29) is 6.10 Å². The smallest absolute Gasteiger partial charge is 0.236 e. The lowest BCUT2D eigenvalue weighted by atomic mass is 9.97. The summed E-state index contributed by atoms with van der Waals surface area (Å²) in [7, 11) is 1.88. The molecule has 1 aliphatic heterocycles. The summed E-state index contributed by atoms with van der Waals surface area (Å²) in [5.41, 5.74) is 9.11. The fourth-order valence-electron chi connectivity index (χ4n) is 2.91. The average molecular weight is 314 g/mol. The predicted molar refractivity (Wildman–Crippen MR) is 86.4 cm³/mol. The van der Waals surface area contributed by atoms with E-state index < -0.39 is 6.23 Å². The molecule has 6 heteroatoms. The van der Waals surface area contributed by atoms with Crippen molar-refractivity contribution in [2.45, 2.75) is 44.4 Å². The largest absolute Gasteiger partial charge is 0.490 e. The summed E-state index contributed by atoms with van der Waals surface area (Å²) in [6.07, 6.45) is 16.4. The van der Waals surface area contributed by atoms with E-state index in [1.54, 1.807) is 17.1 Å². The lowest BCUT2D eigenvalue weighted by Crippen LogP contribution is -2.20. The Kier molecular flexibility index (Phi) is 4.90. The summed E-state index contributed by atoms with van der Waals surface area (Å²) >= 11 is 0. The molecule has 0 amide bonds. The Morgan fingerprint density at radius 1 is 1.35 bits per heavy atom. The van der Waals surface area contributed by atoms with Crippen LogP contribution in [-0.4, -0.2) is 22.1 Å². The first kappa shape index (κ1) is 15.5. The van der Waals surface area contributed by atoms with Gasteiger partial charge >= 0.3 is 0 Å². The van der Waals surface area contributed by atoms with Gasteiger partial charge in [0, 0.05) is 24.9 Å². The van der Waals surface area contributed by atoms with Gasteiger partial charge in [0.25, 0.3) is 0 Å². The van der Waals surface area contributed by atoms with Gasteiger partial charge in [0.05, 0.1) is 24.1 Å². The first-order valence-electron chi connectivity index (χ1n) is 8.02. The quantitative estimate of drug-likeness (QED) is 0.837. The molecule has 1 aliphatic carbocycles. The molecular formula is C17H22N4O2. The third kappa shape index (κ3) is 3.88. The molecule has 2 aliphatic rings. The van der Waals surface area contributed by atoms with Gasteiger partial charge in [0.2, 0.25) is 6.23 Å². The molecular weight excluding hydrogens is 292 g/mol. The first-order valence-corrected chi connectivity index (χ1v) is 8.02. The van der Waals surface area contributed by atoms with Crippen molar-refractivity contribution in [2.75, 3.05) is 0 Å². The Morgan fingerprint density at radius 3 is 2.87 bits per heavy atom. The molecule has 1 fully saturated rings. The number of hydrogen-bond donors (Lipinski definition) is 1. The lowest BCUT2D eigenvalue weighted by molar-refractivity contribution is 0.0758. The molecule has 1 saturated carbocycles. The SMILES string of the molecule is Cn1cc(/C=C/C2=C(OC3CCCCC3)C=COC2N=N)cn1. The maximum Gasteiger partial charge on any atom is 0.236 e. The van der Waals surface area contributed by atoms with Crippen LogP contribution in [0.5, 0.6) is 0 Å². The van der Waals surface area contributed by atoms with Crippen molar-refractivity contribution >= 4 is 6.08 Å². The zero-order chi connectivity index (χ0) is 16.1. The van der Waals surface area contributed by atoms with E-state index in [1.165, 1.54) is 19.3 Å². The van der Waals surface area contributed by atoms with Crippen LogP contribution in [0.2, 0.25) is 0 Å². The summed E-state index contributed by atoms with van der Waals surface area (Å²) < 4.78 is 13.3. The molecule has 1 aromatic heterocycles. The molecule has 0 bridgehead atoms. The molecule has 6 nitrogen and oxygen atoms in total.